The number of halogens is 3. The molecule has 3 rings (SSSR count). The lowest BCUT2D eigenvalue weighted by Gasteiger charge is -2.17. The predicted molar refractivity (Wildman–Crippen MR) is 142 cm³/mol. The van der Waals surface area contributed by atoms with Crippen molar-refractivity contribution in [1.29, 1.82) is 0 Å². The number of benzene rings is 2. The fourth-order valence-electron chi connectivity index (χ4n) is 3.69. The summed E-state index contributed by atoms with van der Waals surface area (Å²) in [6.07, 6.45) is -4.37. The molecule has 0 unspecified atom stereocenters. The summed E-state index contributed by atoms with van der Waals surface area (Å²) in [4.78, 5) is 27.7. The van der Waals surface area contributed by atoms with Gasteiger partial charge in [0.2, 0.25) is 5.91 Å². The normalized spacial score (nSPS) is 12.4. The Morgan fingerprint density at radius 1 is 1.07 bits per heavy atom. The monoisotopic (exact) mass is 579 g/mol. The maximum Gasteiger partial charge on any atom is 0.435 e. The number of aromatic nitrogens is 2. The zero-order valence-electron chi connectivity index (χ0n) is 21.6. The maximum atomic E-state index is 13.5. The number of carbonyl (C=O) groups is 2. The maximum absolute atomic E-state index is 13.5. The van der Waals surface area contributed by atoms with Gasteiger partial charge in [-0.2, -0.15) is 18.3 Å². The molecule has 214 valence electrons. The zero-order valence-corrected chi connectivity index (χ0v) is 22.4. The molecule has 0 aliphatic heterocycles. The molecule has 0 fully saturated rings. The molecule has 11 nitrogen and oxygen atoms in total. The van der Waals surface area contributed by atoms with E-state index in [4.69, 9.17) is 11.5 Å². The van der Waals surface area contributed by atoms with E-state index in [1.165, 1.54) is 19.1 Å². The molecule has 2 amide bonds. The number of hydrogen-bond acceptors (Lipinski definition) is 6. The second-order valence-electron chi connectivity index (χ2n) is 8.86. The summed E-state index contributed by atoms with van der Waals surface area (Å²) in [6, 6.07) is 11.3. The van der Waals surface area contributed by atoms with Gasteiger partial charge in [0.25, 0.3) is 15.9 Å². The van der Waals surface area contributed by atoms with Gasteiger partial charge in [-0.3, -0.25) is 14.6 Å². The number of nitrogens with one attached hydrogen (secondary N) is 2. The first-order valence-electron chi connectivity index (χ1n) is 11.9. The Labute approximate surface area is 228 Å². The summed E-state index contributed by atoms with van der Waals surface area (Å²) in [5, 5.41) is 6.08. The third kappa shape index (κ3) is 7.81. The number of hydrogen-bond donors (Lipinski definition) is 4. The lowest BCUT2D eigenvalue weighted by Crippen LogP contribution is -2.47. The van der Waals surface area contributed by atoms with Gasteiger partial charge in [-0.25, -0.2) is 17.8 Å². The van der Waals surface area contributed by atoms with Crippen LogP contribution in [-0.2, 0) is 25.8 Å². The SMILES string of the molecule is CC(=O)N[C@@H](CCCN=C(N)N)C(=O)NS(=O)(=O)c1ccc(-n2nc(C(F)(F)F)cc2-c2ccc(C)cc2)cc1. The first kappa shape index (κ1) is 30.1. The van der Waals surface area contributed by atoms with Crippen molar-refractivity contribution in [1.82, 2.24) is 19.8 Å². The molecule has 0 spiro atoms. The van der Waals surface area contributed by atoms with Gasteiger partial charge >= 0.3 is 6.18 Å². The number of sulfonamides is 1. The van der Waals surface area contributed by atoms with Crippen LogP contribution in [0.15, 0.2) is 64.5 Å². The first-order valence-corrected chi connectivity index (χ1v) is 13.4. The number of guanidine groups is 1. The highest BCUT2D eigenvalue weighted by Gasteiger charge is 2.35. The van der Waals surface area contributed by atoms with Crippen molar-refractivity contribution in [3.8, 4) is 16.9 Å². The van der Waals surface area contributed by atoms with Crippen molar-refractivity contribution in [3.05, 3.63) is 65.9 Å². The molecule has 3 aromatic rings. The highest BCUT2D eigenvalue weighted by Crippen LogP contribution is 2.33. The highest BCUT2D eigenvalue weighted by atomic mass is 32.2. The van der Waals surface area contributed by atoms with Crippen LogP contribution in [0.1, 0.15) is 31.0 Å². The number of alkyl halides is 3. The molecule has 0 saturated carbocycles. The average Bonchev–Trinajstić information content (AvgIpc) is 3.32. The van der Waals surface area contributed by atoms with E-state index in [2.05, 4.69) is 15.4 Å². The predicted octanol–water partition coefficient (Wildman–Crippen LogP) is 2.23. The van der Waals surface area contributed by atoms with Crippen LogP contribution in [0.4, 0.5) is 13.2 Å². The molecule has 2 aromatic carbocycles. The number of nitrogens with two attached hydrogens (primary N) is 2. The van der Waals surface area contributed by atoms with E-state index in [-0.39, 0.29) is 41.6 Å². The smallest absolute Gasteiger partial charge is 0.370 e. The van der Waals surface area contributed by atoms with Crippen LogP contribution in [0.5, 0.6) is 0 Å². The molecule has 0 saturated heterocycles. The van der Waals surface area contributed by atoms with Gasteiger partial charge in [0.1, 0.15) is 6.04 Å². The minimum absolute atomic E-state index is 0.0548. The van der Waals surface area contributed by atoms with E-state index < -0.39 is 39.7 Å². The van der Waals surface area contributed by atoms with E-state index in [1.807, 2.05) is 11.6 Å². The Bertz CT molecular complexity index is 1500. The number of aryl methyl sites for hydroxylation is 1. The van der Waals surface area contributed by atoms with Crippen LogP contribution in [0.2, 0.25) is 0 Å². The molecular weight excluding hydrogens is 551 g/mol. The summed E-state index contributed by atoms with van der Waals surface area (Å²) >= 11 is 0. The number of amides is 2. The van der Waals surface area contributed by atoms with Gasteiger partial charge in [0.15, 0.2) is 11.7 Å². The molecule has 15 heteroatoms. The number of aliphatic imine (C=N–C) groups is 1. The van der Waals surface area contributed by atoms with Crippen molar-refractivity contribution in [2.75, 3.05) is 6.54 Å². The van der Waals surface area contributed by atoms with Gasteiger partial charge in [-0.1, -0.05) is 29.8 Å². The van der Waals surface area contributed by atoms with E-state index in [1.54, 1.807) is 24.3 Å². The van der Waals surface area contributed by atoms with Crippen LogP contribution < -0.4 is 21.5 Å². The van der Waals surface area contributed by atoms with E-state index in [9.17, 15) is 31.2 Å². The quantitative estimate of drug-likeness (QED) is 0.162. The Balaban J connectivity index is 1.86. The van der Waals surface area contributed by atoms with Crippen molar-refractivity contribution in [3.63, 3.8) is 0 Å². The number of rotatable bonds is 10. The van der Waals surface area contributed by atoms with Crippen molar-refractivity contribution in [2.24, 2.45) is 16.5 Å². The van der Waals surface area contributed by atoms with Gasteiger partial charge in [-0.15, -0.1) is 0 Å². The van der Waals surface area contributed by atoms with Gasteiger partial charge < -0.3 is 16.8 Å². The zero-order chi connectivity index (χ0) is 29.7. The van der Waals surface area contributed by atoms with Gasteiger partial charge in [0, 0.05) is 19.0 Å². The van der Waals surface area contributed by atoms with Crippen LogP contribution >= 0.6 is 0 Å². The molecule has 1 atom stereocenters. The summed E-state index contributed by atoms with van der Waals surface area (Å²) in [6.45, 7) is 3.17. The Morgan fingerprint density at radius 3 is 2.25 bits per heavy atom. The van der Waals surface area contributed by atoms with Crippen molar-refractivity contribution < 1.29 is 31.2 Å². The second-order valence-corrected chi connectivity index (χ2v) is 10.5. The molecular formula is C25H28F3N7O4S. The molecule has 1 heterocycles. The van der Waals surface area contributed by atoms with Crippen molar-refractivity contribution in [2.45, 2.75) is 43.8 Å². The molecule has 1 aromatic heterocycles. The minimum atomic E-state index is -4.70. The molecule has 0 bridgehead atoms. The average molecular weight is 580 g/mol. The van der Waals surface area contributed by atoms with Crippen LogP contribution in [0.25, 0.3) is 16.9 Å². The lowest BCUT2D eigenvalue weighted by atomic mass is 10.1. The summed E-state index contributed by atoms with van der Waals surface area (Å²) in [5.74, 6) is -1.68. The Hall–Kier alpha value is -4.40. The van der Waals surface area contributed by atoms with Crippen molar-refractivity contribution >= 4 is 27.8 Å². The van der Waals surface area contributed by atoms with E-state index >= 15 is 0 Å². The number of carbonyl (C=O) groups excluding carboxylic acids is 2. The first-order chi connectivity index (χ1) is 18.7. The van der Waals surface area contributed by atoms with Gasteiger partial charge in [0.05, 0.1) is 16.3 Å². The minimum Gasteiger partial charge on any atom is -0.370 e. The third-order valence-electron chi connectivity index (χ3n) is 5.61. The Kier molecular flexibility index (Phi) is 9.19. The fourth-order valence-corrected chi connectivity index (χ4v) is 4.71. The van der Waals surface area contributed by atoms with Crippen LogP contribution in [-0.4, -0.2) is 48.6 Å². The summed E-state index contributed by atoms with van der Waals surface area (Å²) in [7, 11) is -4.40. The third-order valence-corrected chi connectivity index (χ3v) is 6.98. The van der Waals surface area contributed by atoms with E-state index in [0.717, 1.165) is 28.4 Å². The molecule has 40 heavy (non-hydrogen) atoms. The highest BCUT2D eigenvalue weighted by molar-refractivity contribution is 7.90. The number of nitrogens with zero attached hydrogens (tertiary/aromatic N) is 3. The van der Waals surface area contributed by atoms with Gasteiger partial charge in [-0.05, 0) is 50.1 Å². The standard InChI is InChI=1S/C25H28F3N7O4S/c1-15-5-7-17(8-6-15)21-14-22(25(26,27)28)33-35(21)18-9-11-19(12-10-18)40(38,39)34-23(37)20(32-16(2)36)4-3-13-31-24(29)30/h5-12,14,20H,3-4,13H2,1-2H3,(H,32,36)(H,34,37)(H4,29,30,31)/t20-/m0/s1. The van der Waals surface area contributed by atoms with Crippen LogP contribution in [0.3, 0.4) is 0 Å². The van der Waals surface area contributed by atoms with Crippen LogP contribution in [0, 0.1) is 6.92 Å². The molecule has 0 aliphatic rings. The molecule has 0 aliphatic carbocycles. The Morgan fingerprint density at radius 2 is 1.70 bits per heavy atom. The largest absolute Gasteiger partial charge is 0.435 e. The fraction of sp³-hybridized carbons (Fsp3) is 0.280. The second kappa shape index (κ2) is 12.2. The molecule has 0 radical (unpaired) electrons. The summed E-state index contributed by atoms with van der Waals surface area (Å²) < 4.78 is 69.1. The molecule has 6 N–H and O–H groups in total. The topological polar surface area (TPSA) is 175 Å². The lowest BCUT2D eigenvalue weighted by molar-refractivity contribution is -0.141. The summed E-state index contributed by atoms with van der Waals surface area (Å²) in [5.41, 5.74) is 11.1. The van der Waals surface area contributed by atoms with E-state index in [0.29, 0.717) is 5.56 Å².